The van der Waals surface area contributed by atoms with Crippen molar-refractivity contribution in [2.75, 3.05) is 20.6 Å². The molecule has 0 aliphatic rings. The van der Waals surface area contributed by atoms with Crippen LogP contribution in [0.1, 0.15) is 24.2 Å². The van der Waals surface area contributed by atoms with Crippen LogP contribution in [-0.4, -0.2) is 50.6 Å². The summed E-state index contributed by atoms with van der Waals surface area (Å²) in [5.74, 6) is -1.16. The quantitative estimate of drug-likeness (QED) is 0.818. The Hall–Kier alpha value is -1.44. The van der Waals surface area contributed by atoms with Crippen molar-refractivity contribution < 1.29 is 18.3 Å². The summed E-state index contributed by atoms with van der Waals surface area (Å²) < 4.78 is 26.8. The zero-order valence-electron chi connectivity index (χ0n) is 12.0. The highest BCUT2D eigenvalue weighted by molar-refractivity contribution is 7.89. The molecule has 0 bridgehead atoms. The number of sulfonamides is 1. The zero-order valence-corrected chi connectivity index (χ0v) is 12.9. The van der Waals surface area contributed by atoms with E-state index in [4.69, 9.17) is 5.11 Å². The predicted octanol–water partition coefficient (Wildman–Crippen LogP) is 1.00. The first-order valence-electron chi connectivity index (χ1n) is 6.07. The van der Waals surface area contributed by atoms with Crippen molar-refractivity contribution >= 4 is 16.0 Å². The smallest absolute Gasteiger partial charge is 0.335 e. The number of likely N-dealkylation sites (N-methyl/N-ethyl adjacent to an activating group) is 1. The van der Waals surface area contributed by atoms with Crippen LogP contribution < -0.4 is 4.72 Å². The summed E-state index contributed by atoms with van der Waals surface area (Å²) in [5, 5.41) is 8.89. The lowest BCUT2D eigenvalue weighted by molar-refractivity contribution is 0.0696. The molecule has 0 heterocycles. The maximum atomic E-state index is 12.2. The van der Waals surface area contributed by atoms with Crippen LogP contribution in [-0.2, 0) is 10.0 Å². The highest BCUT2D eigenvalue weighted by Crippen LogP contribution is 2.14. The molecular formula is C13H20N2O4S. The van der Waals surface area contributed by atoms with Crippen molar-refractivity contribution in [2.24, 2.45) is 0 Å². The van der Waals surface area contributed by atoms with Gasteiger partial charge in [-0.25, -0.2) is 17.9 Å². The van der Waals surface area contributed by atoms with Gasteiger partial charge in [0, 0.05) is 12.1 Å². The lowest BCUT2D eigenvalue weighted by atomic mass is 10.1. The Morgan fingerprint density at radius 1 is 1.35 bits per heavy atom. The highest BCUT2D eigenvalue weighted by atomic mass is 32.2. The molecule has 0 atom stereocenters. The van der Waals surface area contributed by atoms with Crippen molar-refractivity contribution in [3.8, 4) is 0 Å². The summed E-state index contributed by atoms with van der Waals surface area (Å²) in [4.78, 5) is 12.7. The van der Waals surface area contributed by atoms with Crippen LogP contribution in [0.25, 0.3) is 0 Å². The second-order valence-corrected chi connectivity index (χ2v) is 7.13. The first-order chi connectivity index (χ1) is 9.06. The molecular weight excluding hydrogens is 280 g/mol. The molecule has 0 spiro atoms. The van der Waals surface area contributed by atoms with Crippen LogP contribution >= 0.6 is 0 Å². The van der Waals surface area contributed by atoms with E-state index in [9.17, 15) is 13.2 Å². The van der Waals surface area contributed by atoms with Crippen molar-refractivity contribution in [2.45, 2.75) is 24.3 Å². The van der Waals surface area contributed by atoms with Gasteiger partial charge in [-0.2, -0.15) is 0 Å². The number of carbonyl (C=O) groups is 1. The number of aromatic carboxylic acids is 1. The fourth-order valence-electron chi connectivity index (χ4n) is 1.31. The molecule has 0 radical (unpaired) electrons. The number of benzene rings is 1. The normalized spacial score (nSPS) is 12.7. The first kappa shape index (κ1) is 16.6. The Balaban J connectivity index is 2.95. The summed E-state index contributed by atoms with van der Waals surface area (Å²) in [6, 6.07) is 5.28. The fourth-order valence-corrected chi connectivity index (χ4v) is 2.56. The van der Waals surface area contributed by atoms with Gasteiger partial charge >= 0.3 is 5.97 Å². The molecule has 0 aliphatic carbocycles. The lowest BCUT2D eigenvalue weighted by Gasteiger charge is -2.32. The largest absolute Gasteiger partial charge is 0.478 e. The SMILES string of the molecule is CN(C)C(C)(C)CNS(=O)(=O)c1cccc(C(=O)O)c1. The van der Waals surface area contributed by atoms with E-state index in [-0.39, 0.29) is 22.5 Å². The Morgan fingerprint density at radius 3 is 2.45 bits per heavy atom. The number of hydrogen-bond acceptors (Lipinski definition) is 4. The van der Waals surface area contributed by atoms with E-state index >= 15 is 0 Å². The van der Waals surface area contributed by atoms with Gasteiger partial charge < -0.3 is 10.0 Å². The van der Waals surface area contributed by atoms with Crippen LogP contribution in [0.4, 0.5) is 0 Å². The van der Waals surface area contributed by atoms with Crippen LogP contribution in [0.3, 0.4) is 0 Å². The van der Waals surface area contributed by atoms with Gasteiger partial charge in [-0.1, -0.05) is 6.07 Å². The third-order valence-corrected chi connectivity index (χ3v) is 4.70. The average Bonchev–Trinajstić information content (AvgIpc) is 2.36. The predicted molar refractivity (Wildman–Crippen MR) is 76.4 cm³/mol. The molecule has 0 aliphatic heterocycles. The van der Waals surface area contributed by atoms with E-state index in [1.165, 1.54) is 18.2 Å². The molecule has 0 saturated heterocycles. The molecule has 1 aromatic carbocycles. The third kappa shape index (κ3) is 4.03. The summed E-state index contributed by atoms with van der Waals surface area (Å²) in [5.41, 5.74) is -0.406. The van der Waals surface area contributed by atoms with Gasteiger partial charge in [0.05, 0.1) is 10.5 Å². The summed E-state index contributed by atoms with van der Waals surface area (Å²) in [6.45, 7) is 4.03. The number of carboxylic acids is 1. The maximum Gasteiger partial charge on any atom is 0.335 e. The molecule has 1 rings (SSSR count). The number of carboxylic acid groups (broad SMARTS) is 1. The standard InChI is InChI=1S/C13H20N2O4S/c1-13(2,15(3)4)9-14-20(18,19)11-7-5-6-10(8-11)12(16)17/h5-8,14H,9H2,1-4H3,(H,16,17). The highest BCUT2D eigenvalue weighted by Gasteiger charge is 2.24. The number of nitrogens with one attached hydrogen (secondary N) is 1. The van der Waals surface area contributed by atoms with Crippen molar-refractivity contribution in [1.82, 2.24) is 9.62 Å². The molecule has 0 fully saturated rings. The molecule has 7 heteroatoms. The third-order valence-electron chi connectivity index (χ3n) is 3.30. The maximum absolute atomic E-state index is 12.2. The molecule has 2 N–H and O–H groups in total. The number of nitrogens with zero attached hydrogens (tertiary/aromatic N) is 1. The molecule has 6 nitrogen and oxygen atoms in total. The van der Waals surface area contributed by atoms with Gasteiger partial charge in [-0.3, -0.25) is 0 Å². The fraction of sp³-hybridized carbons (Fsp3) is 0.462. The van der Waals surface area contributed by atoms with Gasteiger partial charge in [0.15, 0.2) is 0 Å². The summed E-state index contributed by atoms with van der Waals surface area (Å²) in [7, 11) is -0.00208. The minimum atomic E-state index is -3.72. The van der Waals surface area contributed by atoms with Crippen LogP contribution in [0, 0.1) is 0 Å². The Morgan fingerprint density at radius 2 is 1.95 bits per heavy atom. The zero-order chi connectivity index (χ0) is 15.6. The van der Waals surface area contributed by atoms with E-state index in [0.717, 1.165) is 6.07 Å². The Kier molecular flexibility index (Phi) is 4.90. The monoisotopic (exact) mass is 300 g/mol. The van der Waals surface area contributed by atoms with E-state index < -0.39 is 16.0 Å². The van der Waals surface area contributed by atoms with Gasteiger partial charge in [0.2, 0.25) is 10.0 Å². The second kappa shape index (κ2) is 5.90. The first-order valence-corrected chi connectivity index (χ1v) is 7.55. The molecule has 1 aromatic rings. The van der Waals surface area contributed by atoms with Crippen molar-refractivity contribution in [3.05, 3.63) is 29.8 Å². The molecule has 20 heavy (non-hydrogen) atoms. The minimum absolute atomic E-state index is 0.0491. The van der Waals surface area contributed by atoms with Crippen LogP contribution in [0.5, 0.6) is 0 Å². The molecule has 0 amide bonds. The Labute approximate surface area is 119 Å². The molecule has 0 saturated carbocycles. The minimum Gasteiger partial charge on any atom is -0.478 e. The van der Waals surface area contributed by atoms with Gasteiger partial charge in [-0.05, 0) is 46.1 Å². The van der Waals surface area contributed by atoms with Crippen LogP contribution in [0.2, 0.25) is 0 Å². The Bertz CT molecular complexity index is 594. The van der Waals surface area contributed by atoms with E-state index in [1.54, 1.807) is 0 Å². The summed E-state index contributed by atoms with van der Waals surface area (Å²) >= 11 is 0. The topological polar surface area (TPSA) is 86.7 Å². The van der Waals surface area contributed by atoms with Gasteiger partial charge in [-0.15, -0.1) is 0 Å². The number of rotatable bonds is 6. The van der Waals surface area contributed by atoms with Crippen molar-refractivity contribution in [1.29, 1.82) is 0 Å². The van der Waals surface area contributed by atoms with Crippen LogP contribution in [0.15, 0.2) is 29.2 Å². The van der Waals surface area contributed by atoms with E-state index in [0.29, 0.717) is 0 Å². The van der Waals surface area contributed by atoms with Gasteiger partial charge in [0.1, 0.15) is 0 Å². The average molecular weight is 300 g/mol. The summed E-state index contributed by atoms with van der Waals surface area (Å²) in [6.07, 6.45) is 0. The molecule has 0 unspecified atom stereocenters. The van der Waals surface area contributed by atoms with E-state index in [2.05, 4.69) is 4.72 Å². The van der Waals surface area contributed by atoms with E-state index in [1.807, 2.05) is 32.8 Å². The number of hydrogen-bond donors (Lipinski definition) is 2. The molecule has 0 aromatic heterocycles. The molecule has 112 valence electrons. The lowest BCUT2D eigenvalue weighted by Crippen LogP contribution is -2.48. The van der Waals surface area contributed by atoms with Crippen molar-refractivity contribution in [3.63, 3.8) is 0 Å². The van der Waals surface area contributed by atoms with Gasteiger partial charge in [0.25, 0.3) is 0 Å². The second-order valence-electron chi connectivity index (χ2n) is 5.36.